The van der Waals surface area contributed by atoms with Gasteiger partial charge in [0.1, 0.15) is 11.3 Å². The van der Waals surface area contributed by atoms with Gasteiger partial charge >= 0.3 is 0 Å². The van der Waals surface area contributed by atoms with Gasteiger partial charge in [0, 0.05) is 11.6 Å². The van der Waals surface area contributed by atoms with Crippen LogP contribution in [0.15, 0.2) is 24.3 Å². The first-order chi connectivity index (χ1) is 13.5. The third-order valence-corrected chi connectivity index (χ3v) is 5.18. The quantitative estimate of drug-likeness (QED) is 0.499. The van der Waals surface area contributed by atoms with E-state index in [2.05, 4.69) is 4.98 Å². The van der Waals surface area contributed by atoms with Crippen molar-refractivity contribution in [2.45, 2.75) is 33.6 Å². The van der Waals surface area contributed by atoms with Gasteiger partial charge in [0.15, 0.2) is 5.65 Å². The number of hydrogen-bond acceptors (Lipinski definition) is 5. The van der Waals surface area contributed by atoms with Crippen molar-refractivity contribution in [3.8, 4) is 17.3 Å². The number of rotatable bonds is 4. The van der Waals surface area contributed by atoms with E-state index in [1.165, 1.54) is 18.9 Å². The number of aryl methyl sites for hydroxylation is 3. The Morgan fingerprint density at radius 2 is 1.75 bits per heavy atom. The highest BCUT2D eigenvalue weighted by Gasteiger charge is 2.23. The minimum atomic E-state index is -0.504. The van der Waals surface area contributed by atoms with Crippen molar-refractivity contribution >= 4 is 16.7 Å². The molecule has 4 heterocycles. The number of imidazole rings is 1. The van der Waals surface area contributed by atoms with Crippen LogP contribution in [0.1, 0.15) is 29.9 Å². The Kier molecular flexibility index (Phi) is 3.79. The monoisotopic (exact) mass is 377 g/mol. The van der Waals surface area contributed by atoms with Crippen LogP contribution in [0.4, 0.5) is 4.39 Å². The molecule has 0 aromatic carbocycles. The molecule has 0 N–H and O–H groups in total. The van der Waals surface area contributed by atoms with Crippen LogP contribution >= 0.6 is 0 Å². The number of nitrogens with zero attached hydrogens (tertiary/aromatic N) is 5. The summed E-state index contributed by atoms with van der Waals surface area (Å²) in [4.78, 5) is 18.2. The van der Waals surface area contributed by atoms with Gasteiger partial charge in [-0.1, -0.05) is 0 Å². The van der Waals surface area contributed by atoms with Gasteiger partial charge in [0.2, 0.25) is 11.8 Å². The molecular formula is C21H20FN5O. The van der Waals surface area contributed by atoms with E-state index >= 15 is 0 Å². The normalized spacial score (nSPS) is 14.1. The van der Waals surface area contributed by atoms with Gasteiger partial charge in [-0.05, 0) is 57.7 Å². The lowest BCUT2D eigenvalue weighted by atomic mass is 10.2. The maximum Gasteiger partial charge on any atom is 0.215 e. The number of fused-ring (bicyclic) bond motifs is 3. The van der Waals surface area contributed by atoms with Crippen LogP contribution in [0.25, 0.3) is 28.1 Å². The van der Waals surface area contributed by atoms with Gasteiger partial charge in [-0.3, -0.25) is 4.40 Å². The van der Waals surface area contributed by atoms with E-state index < -0.39 is 5.95 Å². The van der Waals surface area contributed by atoms with Crippen molar-refractivity contribution < 1.29 is 9.13 Å². The van der Waals surface area contributed by atoms with E-state index in [0.717, 1.165) is 28.0 Å². The first kappa shape index (κ1) is 17.0. The van der Waals surface area contributed by atoms with Crippen LogP contribution < -0.4 is 4.74 Å². The lowest BCUT2D eigenvalue weighted by molar-refractivity contribution is 0.289. The smallest absolute Gasteiger partial charge is 0.215 e. The number of hydrogen-bond donors (Lipinski definition) is 0. The molecule has 1 saturated carbocycles. The minimum absolute atomic E-state index is 0.504. The molecule has 0 atom stereocenters. The molecular weight excluding hydrogens is 357 g/mol. The van der Waals surface area contributed by atoms with Gasteiger partial charge in [-0.2, -0.15) is 9.37 Å². The maximum absolute atomic E-state index is 13.5. The molecule has 7 heteroatoms. The Labute approximate surface area is 161 Å². The van der Waals surface area contributed by atoms with Crippen LogP contribution in [0, 0.1) is 32.6 Å². The van der Waals surface area contributed by atoms with Crippen LogP contribution in [-0.4, -0.2) is 30.9 Å². The molecule has 142 valence electrons. The highest BCUT2D eigenvalue weighted by atomic mass is 19.1. The zero-order chi connectivity index (χ0) is 19.4. The summed E-state index contributed by atoms with van der Waals surface area (Å²) in [6.07, 6.45) is 2.45. The van der Waals surface area contributed by atoms with E-state index in [4.69, 9.17) is 19.7 Å². The van der Waals surface area contributed by atoms with Crippen LogP contribution in [-0.2, 0) is 0 Å². The standard InChI is InChI=1S/C21H20FN5O/c1-11-15(6-8-17(22)24-11)20-25-13(3)19-12(2)23-16-7-9-18(26-21(16)27(19)20)28-10-14-4-5-14/h6-9,14H,4-5,10H2,1-3H3. The van der Waals surface area contributed by atoms with Crippen molar-refractivity contribution in [1.29, 1.82) is 0 Å². The van der Waals surface area contributed by atoms with Crippen molar-refractivity contribution in [3.05, 3.63) is 47.3 Å². The van der Waals surface area contributed by atoms with E-state index in [1.54, 1.807) is 13.0 Å². The third-order valence-electron chi connectivity index (χ3n) is 5.18. The summed E-state index contributed by atoms with van der Waals surface area (Å²) < 4.78 is 21.4. The summed E-state index contributed by atoms with van der Waals surface area (Å²) in [7, 11) is 0. The van der Waals surface area contributed by atoms with Crippen molar-refractivity contribution in [2.24, 2.45) is 5.92 Å². The van der Waals surface area contributed by atoms with Crippen LogP contribution in [0.5, 0.6) is 5.88 Å². The average Bonchev–Trinajstić information content (AvgIpc) is 3.42. The Hall–Kier alpha value is -3.09. The molecule has 4 aromatic rings. The SMILES string of the molecule is Cc1nc(F)ccc1-c1nc(C)c2c(C)nc3ccc(OCC4CC4)nc3n12. The summed E-state index contributed by atoms with van der Waals surface area (Å²) in [5.41, 5.74) is 5.39. The molecule has 4 aromatic heterocycles. The highest BCUT2D eigenvalue weighted by molar-refractivity contribution is 5.81. The predicted molar refractivity (Wildman–Crippen MR) is 104 cm³/mol. The molecule has 1 aliphatic carbocycles. The lowest BCUT2D eigenvalue weighted by Crippen LogP contribution is -2.04. The Bertz CT molecular complexity index is 1230. The fourth-order valence-corrected chi connectivity index (χ4v) is 3.58. The molecule has 0 amide bonds. The summed E-state index contributed by atoms with van der Waals surface area (Å²) in [6.45, 7) is 6.37. The first-order valence-electron chi connectivity index (χ1n) is 9.44. The van der Waals surface area contributed by atoms with Crippen molar-refractivity contribution in [3.63, 3.8) is 0 Å². The Morgan fingerprint density at radius 3 is 2.50 bits per heavy atom. The lowest BCUT2D eigenvalue weighted by Gasteiger charge is -2.10. The molecule has 28 heavy (non-hydrogen) atoms. The molecule has 0 saturated heterocycles. The largest absolute Gasteiger partial charge is 0.477 e. The number of ether oxygens (including phenoxy) is 1. The van der Waals surface area contributed by atoms with Gasteiger partial charge in [0.25, 0.3) is 0 Å². The molecule has 1 fully saturated rings. The van der Waals surface area contributed by atoms with Gasteiger partial charge in [-0.25, -0.2) is 15.0 Å². The molecule has 0 aliphatic heterocycles. The average molecular weight is 377 g/mol. The number of aromatic nitrogens is 5. The highest BCUT2D eigenvalue weighted by Crippen LogP contribution is 2.31. The van der Waals surface area contributed by atoms with Crippen LogP contribution in [0.3, 0.4) is 0 Å². The summed E-state index contributed by atoms with van der Waals surface area (Å²) in [6, 6.07) is 6.84. The molecule has 0 unspecified atom stereocenters. The zero-order valence-corrected chi connectivity index (χ0v) is 16.0. The van der Waals surface area contributed by atoms with Gasteiger partial charge in [-0.15, -0.1) is 0 Å². The zero-order valence-electron chi connectivity index (χ0n) is 16.0. The second kappa shape index (κ2) is 6.22. The van der Waals surface area contributed by atoms with E-state index in [0.29, 0.717) is 35.6 Å². The second-order valence-electron chi connectivity index (χ2n) is 7.42. The maximum atomic E-state index is 13.5. The number of halogens is 1. The van der Waals surface area contributed by atoms with Gasteiger partial charge in [0.05, 0.1) is 29.2 Å². The topological polar surface area (TPSA) is 65.2 Å². The predicted octanol–water partition coefficient (Wildman–Crippen LogP) is 4.19. The van der Waals surface area contributed by atoms with E-state index in [-0.39, 0.29) is 0 Å². The first-order valence-corrected chi connectivity index (χ1v) is 9.44. The van der Waals surface area contributed by atoms with Crippen molar-refractivity contribution in [1.82, 2.24) is 24.3 Å². The van der Waals surface area contributed by atoms with Gasteiger partial charge < -0.3 is 4.74 Å². The summed E-state index contributed by atoms with van der Waals surface area (Å²) in [5.74, 6) is 1.40. The minimum Gasteiger partial charge on any atom is -0.477 e. The number of pyridine rings is 2. The molecule has 0 spiro atoms. The Morgan fingerprint density at radius 1 is 0.964 bits per heavy atom. The molecule has 0 radical (unpaired) electrons. The fourth-order valence-electron chi connectivity index (χ4n) is 3.58. The summed E-state index contributed by atoms with van der Waals surface area (Å²) in [5, 5.41) is 0. The Balaban J connectivity index is 1.77. The molecule has 5 rings (SSSR count). The van der Waals surface area contributed by atoms with E-state index in [9.17, 15) is 4.39 Å². The van der Waals surface area contributed by atoms with E-state index in [1.807, 2.05) is 30.4 Å². The molecule has 6 nitrogen and oxygen atoms in total. The fraction of sp³-hybridized carbons (Fsp3) is 0.333. The van der Waals surface area contributed by atoms with Crippen LogP contribution in [0.2, 0.25) is 0 Å². The third kappa shape index (κ3) is 2.78. The second-order valence-corrected chi connectivity index (χ2v) is 7.42. The summed E-state index contributed by atoms with van der Waals surface area (Å²) >= 11 is 0. The van der Waals surface area contributed by atoms with Crippen molar-refractivity contribution in [2.75, 3.05) is 6.61 Å². The molecule has 1 aliphatic rings. The molecule has 0 bridgehead atoms.